The van der Waals surface area contributed by atoms with Crippen LogP contribution in [-0.2, 0) is 4.79 Å². The first kappa shape index (κ1) is 13.2. The molecule has 7 heteroatoms. The van der Waals surface area contributed by atoms with Crippen molar-refractivity contribution in [3.8, 4) is 0 Å². The second-order valence-corrected chi connectivity index (χ2v) is 3.49. The van der Waals surface area contributed by atoms with E-state index in [1.54, 1.807) is 0 Å². The van der Waals surface area contributed by atoms with Gasteiger partial charge in [-0.25, -0.2) is 0 Å². The molecule has 0 unspecified atom stereocenters. The molecule has 0 saturated carbocycles. The average Bonchev–Trinajstić information content (AvgIpc) is 1.79. The minimum absolute atomic E-state index is 1.03. The van der Waals surface area contributed by atoms with Gasteiger partial charge in [0, 0.05) is 0 Å². The number of halogens is 3. The van der Waals surface area contributed by atoms with Crippen LogP contribution in [0.1, 0.15) is 13.8 Å². The van der Waals surface area contributed by atoms with Crippen molar-refractivity contribution in [2.24, 2.45) is 5.73 Å². The van der Waals surface area contributed by atoms with E-state index >= 15 is 0 Å². The quantitative estimate of drug-likeness (QED) is 0.604. The third-order valence-electron chi connectivity index (χ3n) is 1.50. The van der Waals surface area contributed by atoms with E-state index in [-0.39, 0.29) is 0 Å². The van der Waals surface area contributed by atoms with Gasteiger partial charge in [-0.05, 0) is 13.8 Å². The lowest BCUT2D eigenvalue weighted by molar-refractivity contribution is -0.136. The molecule has 0 rings (SSSR count). The monoisotopic (exact) mass is 214 g/mol. The number of hydrogen-bond donors (Lipinski definition) is 3. The lowest BCUT2D eigenvalue weighted by atomic mass is 9.98. The van der Waals surface area contributed by atoms with Crippen molar-refractivity contribution in [2.75, 3.05) is 6.54 Å². The number of carbonyl (C=O) groups excluding carboxylic acids is 1. The largest absolute Gasteiger partial charge is 0.401 e. The molecule has 0 aliphatic carbocycles. The summed E-state index contributed by atoms with van der Waals surface area (Å²) in [6, 6.07) is -1.43. The van der Waals surface area contributed by atoms with E-state index in [4.69, 9.17) is 5.73 Å². The number of primary amides is 1. The minimum atomic E-state index is -4.45. The summed E-state index contributed by atoms with van der Waals surface area (Å²) in [7, 11) is 0. The molecule has 0 spiro atoms. The highest BCUT2D eigenvalue weighted by atomic mass is 19.4. The van der Waals surface area contributed by atoms with Crippen molar-refractivity contribution in [3.63, 3.8) is 0 Å². The molecular weight excluding hydrogens is 201 g/mol. The van der Waals surface area contributed by atoms with Crippen LogP contribution in [-0.4, -0.2) is 35.4 Å². The predicted molar refractivity (Wildman–Crippen MR) is 43.3 cm³/mol. The SMILES string of the molecule is CC(C)(O)[C@@H](NCC(F)(F)F)C(N)=O. The zero-order valence-electron chi connectivity index (χ0n) is 7.85. The Morgan fingerprint density at radius 1 is 1.50 bits per heavy atom. The van der Waals surface area contributed by atoms with Crippen molar-refractivity contribution in [2.45, 2.75) is 31.7 Å². The standard InChI is InChI=1S/C7H13F3N2O2/c1-6(2,14)4(5(11)13)12-3-7(8,9)10/h4,12,14H,3H2,1-2H3,(H2,11,13)/t4-/m0/s1. The molecule has 0 aromatic carbocycles. The van der Waals surface area contributed by atoms with Gasteiger partial charge in [-0.3, -0.25) is 10.1 Å². The summed E-state index contributed by atoms with van der Waals surface area (Å²) in [6.07, 6.45) is -4.45. The van der Waals surface area contributed by atoms with Crippen LogP contribution in [0, 0.1) is 0 Å². The molecule has 0 fully saturated rings. The number of rotatable bonds is 4. The fourth-order valence-electron chi connectivity index (χ4n) is 0.916. The van der Waals surface area contributed by atoms with Crippen molar-refractivity contribution in [3.05, 3.63) is 0 Å². The topological polar surface area (TPSA) is 75.3 Å². The summed E-state index contributed by atoms with van der Waals surface area (Å²) in [5, 5.41) is 11.2. The van der Waals surface area contributed by atoms with E-state index in [2.05, 4.69) is 0 Å². The number of nitrogens with two attached hydrogens (primary N) is 1. The lowest BCUT2D eigenvalue weighted by Crippen LogP contribution is -2.56. The summed E-state index contributed by atoms with van der Waals surface area (Å²) >= 11 is 0. The van der Waals surface area contributed by atoms with Gasteiger partial charge in [0.05, 0.1) is 12.1 Å². The lowest BCUT2D eigenvalue weighted by Gasteiger charge is -2.27. The number of alkyl halides is 3. The van der Waals surface area contributed by atoms with Gasteiger partial charge in [-0.15, -0.1) is 0 Å². The maximum atomic E-state index is 11.8. The van der Waals surface area contributed by atoms with Gasteiger partial charge in [-0.2, -0.15) is 13.2 Å². The van der Waals surface area contributed by atoms with E-state index < -0.39 is 30.3 Å². The van der Waals surface area contributed by atoms with Gasteiger partial charge in [0.15, 0.2) is 0 Å². The summed E-state index contributed by atoms with van der Waals surface area (Å²) < 4.78 is 35.3. The zero-order chi connectivity index (χ0) is 11.6. The molecular formula is C7H13F3N2O2. The Morgan fingerprint density at radius 3 is 2.14 bits per heavy atom. The molecule has 0 heterocycles. The zero-order valence-corrected chi connectivity index (χ0v) is 7.85. The molecule has 1 atom stereocenters. The Bertz CT molecular complexity index is 210. The van der Waals surface area contributed by atoms with Gasteiger partial charge < -0.3 is 10.8 Å². The number of carbonyl (C=O) groups is 1. The summed E-state index contributed by atoms with van der Waals surface area (Å²) in [6.45, 7) is 1.03. The highest BCUT2D eigenvalue weighted by molar-refractivity contribution is 5.81. The molecule has 0 radical (unpaired) electrons. The van der Waals surface area contributed by atoms with E-state index in [1.165, 1.54) is 13.8 Å². The van der Waals surface area contributed by atoms with Crippen LogP contribution >= 0.6 is 0 Å². The average molecular weight is 214 g/mol. The van der Waals surface area contributed by atoms with Crippen LogP contribution in [0.2, 0.25) is 0 Å². The first-order chi connectivity index (χ1) is 6.04. The molecule has 4 nitrogen and oxygen atoms in total. The molecule has 1 amide bonds. The van der Waals surface area contributed by atoms with E-state index in [0.29, 0.717) is 0 Å². The van der Waals surface area contributed by atoms with Crippen molar-refractivity contribution in [1.29, 1.82) is 0 Å². The summed E-state index contributed by atoms with van der Waals surface area (Å²) in [4.78, 5) is 10.7. The molecule has 0 aliphatic heterocycles. The smallest absolute Gasteiger partial charge is 0.388 e. The normalized spacial score (nSPS) is 15.3. The minimum Gasteiger partial charge on any atom is -0.388 e. The Hall–Kier alpha value is -0.820. The number of amides is 1. The van der Waals surface area contributed by atoms with Gasteiger partial charge >= 0.3 is 6.18 Å². The molecule has 84 valence electrons. The second kappa shape index (κ2) is 4.14. The van der Waals surface area contributed by atoms with Crippen molar-refractivity contribution < 1.29 is 23.1 Å². The van der Waals surface area contributed by atoms with Crippen molar-refractivity contribution >= 4 is 5.91 Å². The van der Waals surface area contributed by atoms with Crippen LogP contribution in [0.4, 0.5) is 13.2 Å². The van der Waals surface area contributed by atoms with E-state index in [9.17, 15) is 23.1 Å². The first-order valence-corrected chi connectivity index (χ1v) is 3.86. The molecule has 0 bridgehead atoms. The predicted octanol–water partition coefficient (Wildman–Crippen LogP) is -0.237. The molecule has 4 N–H and O–H groups in total. The maximum absolute atomic E-state index is 11.8. The molecule has 0 aromatic rings. The van der Waals surface area contributed by atoms with E-state index in [0.717, 1.165) is 0 Å². The highest BCUT2D eigenvalue weighted by Gasteiger charge is 2.35. The second-order valence-electron chi connectivity index (χ2n) is 3.49. The Morgan fingerprint density at radius 2 is 1.93 bits per heavy atom. The Labute approximate surface area is 79.3 Å². The van der Waals surface area contributed by atoms with Crippen LogP contribution in [0.3, 0.4) is 0 Å². The number of nitrogens with one attached hydrogen (secondary N) is 1. The van der Waals surface area contributed by atoms with Crippen LogP contribution < -0.4 is 11.1 Å². The van der Waals surface area contributed by atoms with Gasteiger partial charge in [0.25, 0.3) is 0 Å². The molecule has 0 aliphatic rings. The van der Waals surface area contributed by atoms with Crippen LogP contribution in [0.15, 0.2) is 0 Å². The molecule has 14 heavy (non-hydrogen) atoms. The Balaban J connectivity index is 4.35. The fourth-order valence-corrected chi connectivity index (χ4v) is 0.916. The maximum Gasteiger partial charge on any atom is 0.401 e. The summed E-state index contributed by atoms with van der Waals surface area (Å²) in [5.74, 6) is -1.03. The fraction of sp³-hybridized carbons (Fsp3) is 0.857. The van der Waals surface area contributed by atoms with Gasteiger partial charge in [-0.1, -0.05) is 0 Å². The van der Waals surface area contributed by atoms with Crippen LogP contribution in [0.5, 0.6) is 0 Å². The highest BCUT2D eigenvalue weighted by Crippen LogP contribution is 2.15. The third kappa shape index (κ3) is 5.03. The van der Waals surface area contributed by atoms with Crippen LogP contribution in [0.25, 0.3) is 0 Å². The summed E-state index contributed by atoms with van der Waals surface area (Å²) in [5.41, 5.74) is 3.20. The Kier molecular flexibility index (Phi) is 3.90. The third-order valence-corrected chi connectivity index (χ3v) is 1.50. The first-order valence-electron chi connectivity index (χ1n) is 3.86. The molecule has 0 saturated heterocycles. The van der Waals surface area contributed by atoms with Gasteiger partial charge in [0.1, 0.15) is 6.04 Å². The number of hydrogen-bond acceptors (Lipinski definition) is 3. The van der Waals surface area contributed by atoms with Crippen molar-refractivity contribution in [1.82, 2.24) is 5.32 Å². The van der Waals surface area contributed by atoms with Gasteiger partial charge in [0.2, 0.25) is 5.91 Å². The molecule has 0 aromatic heterocycles. The van der Waals surface area contributed by atoms with E-state index in [1.807, 2.05) is 5.32 Å². The number of aliphatic hydroxyl groups is 1.